The largest absolute Gasteiger partial charge is 0.337 e. The van der Waals surface area contributed by atoms with Crippen LogP contribution in [0.5, 0.6) is 0 Å². The van der Waals surface area contributed by atoms with Crippen LogP contribution in [0.2, 0.25) is 0 Å². The van der Waals surface area contributed by atoms with Crippen molar-refractivity contribution >= 4 is 6.03 Å². The number of aromatic nitrogens is 2. The Kier molecular flexibility index (Phi) is 5.74. The molecule has 0 bridgehead atoms. The third kappa shape index (κ3) is 4.74. The molecule has 0 unspecified atom stereocenters. The molecule has 7 heteroatoms. The Morgan fingerprint density at radius 3 is 2.96 bits per heavy atom. The predicted octanol–water partition coefficient (Wildman–Crippen LogP) is 1.80. The van der Waals surface area contributed by atoms with E-state index in [1.165, 1.54) is 6.33 Å². The van der Waals surface area contributed by atoms with Gasteiger partial charge in [-0.3, -0.25) is 4.90 Å². The van der Waals surface area contributed by atoms with Crippen LogP contribution in [0.25, 0.3) is 0 Å². The first-order valence-corrected chi connectivity index (χ1v) is 8.54. The van der Waals surface area contributed by atoms with E-state index < -0.39 is 6.17 Å². The zero-order chi connectivity index (χ0) is 16.8. The van der Waals surface area contributed by atoms with E-state index in [1.807, 2.05) is 11.0 Å². The third-order valence-electron chi connectivity index (χ3n) is 4.55. The average Bonchev–Trinajstić information content (AvgIpc) is 2.94. The lowest BCUT2D eigenvalue weighted by molar-refractivity contribution is 0.217. The van der Waals surface area contributed by atoms with Gasteiger partial charge in [0.2, 0.25) is 0 Å². The van der Waals surface area contributed by atoms with Crippen molar-refractivity contribution in [3.63, 3.8) is 0 Å². The van der Waals surface area contributed by atoms with Crippen LogP contribution in [0, 0.1) is 0 Å². The first-order valence-electron chi connectivity index (χ1n) is 8.54. The monoisotopic (exact) mass is 333 g/mol. The fourth-order valence-corrected chi connectivity index (χ4v) is 3.34. The molecule has 1 aromatic heterocycles. The van der Waals surface area contributed by atoms with Crippen molar-refractivity contribution in [1.29, 1.82) is 0 Å². The van der Waals surface area contributed by atoms with Gasteiger partial charge in [0.25, 0.3) is 0 Å². The maximum atomic E-state index is 13.8. The molecule has 3 atom stereocenters. The topological polar surface area (TPSA) is 70.2 Å². The molecule has 24 heavy (non-hydrogen) atoms. The summed E-state index contributed by atoms with van der Waals surface area (Å²) in [6.07, 6.45) is 11.8. The average molecular weight is 333 g/mol. The smallest absolute Gasteiger partial charge is 0.315 e. The third-order valence-corrected chi connectivity index (χ3v) is 4.55. The van der Waals surface area contributed by atoms with Crippen LogP contribution in [0.15, 0.2) is 30.9 Å². The van der Waals surface area contributed by atoms with Crippen molar-refractivity contribution in [1.82, 2.24) is 25.5 Å². The van der Waals surface area contributed by atoms with Crippen LogP contribution in [0.4, 0.5) is 9.18 Å². The zero-order valence-corrected chi connectivity index (χ0v) is 13.7. The first-order chi connectivity index (χ1) is 11.7. The van der Waals surface area contributed by atoms with Crippen LogP contribution in [0.1, 0.15) is 31.2 Å². The molecule has 3 rings (SSSR count). The van der Waals surface area contributed by atoms with Gasteiger partial charge < -0.3 is 10.6 Å². The standard InChI is InChI=1S/C17H24FN5O/c18-14-6-16(23(11-14)10-13-7-19-12-20-8-13)9-21-17(24)22-15-4-2-1-3-5-15/h2,4,7-8,12,14-16H,1,3,5-6,9-11H2,(H2,21,22,24)/t14-,15-,16-/m0/s1. The Labute approximate surface area is 141 Å². The van der Waals surface area contributed by atoms with E-state index in [-0.39, 0.29) is 18.1 Å². The van der Waals surface area contributed by atoms with Gasteiger partial charge in [0.05, 0.1) is 0 Å². The molecule has 2 heterocycles. The summed E-state index contributed by atoms with van der Waals surface area (Å²) in [5, 5.41) is 5.83. The predicted molar refractivity (Wildman–Crippen MR) is 89.1 cm³/mol. The van der Waals surface area contributed by atoms with Crippen molar-refractivity contribution in [2.24, 2.45) is 0 Å². The lowest BCUT2D eigenvalue weighted by atomic mass is 10.0. The highest BCUT2D eigenvalue weighted by Gasteiger charge is 2.32. The van der Waals surface area contributed by atoms with Crippen LogP contribution in [-0.4, -0.2) is 52.2 Å². The van der Waals surface area contributed by atoms with Crippen LogP contribution < -0.4 is 10.6 Å². The summed E-state index contributed by atoms with van der Waals surface area (Å²) < 4.78 is 13.8. The Balaban J connectivity index is 1.48. The number of nitrogens with zero attached hydrogens (tertiary/aromatic N) is 3. The quantitative estimate of drug-likeness (QED) is 0.806. The Morgan fingerprint density at radius 2 is 2.21 bits per heavy atom. The van der Waals surface area contributed by atoms with E-state index >= 15 is 0 Å². The van der Waals surface area contributed by atoms with Crippen molar-refractivity contribution in [2.45, 2.75) is 50.5 Å². The van der Waals surface area contributed by atoms with Gasteiger partial charge >= 0.3 is 6.03 Å². The molecular formula is C17H24FN5O. The van der Waals surface area contributed by atoms with E-state index in [1.54, 1.807) is 12.4 Å². The van der Waals surface area contributed by atoms with E-state index in [0.29, 0.717) is 26.1 Å². The Bertz CT molecular complexity index is 567. The van der Waals surface area contributed by atoms with Crippen molar-refractivity contribution in [3.8, 4) is 0 Å². The minimum atomic E-state index is -0.856. The van der Waals surface area contributed by atoms with E-state index in [9.17, 15) is 9.18 Å². The first kappa shape index (κ1) is 16.8. The number of alkyl halides is 1. The van der Waals surface area contributed by atoms with Gasteiger partial charge in [-0.25, -0.2) is 19.2 Å². The summed E-state index contributed by atoms with van der Waals surface area (Å²) in [6, 6.07) is -0.0847. The van der Waals surface area contributed by atoms with E-state index in [2.05, 4.69) is 26.7 Å². The fourth-order valence-electron chi connectivity index (χ4n) is 3.34. The number of hydrogen-bond acceptors (Lipinski definition) is 4. The number of urea groups is 1. The molecule has 2 amide bonds. The maximum absolute atomic E-state index is 13.8. The van der Waals surface area contributed by atoms with Gasteiger partial charge in [-0.15, -0.1) is 0 Å². The van der Waals surface area contributed by atoms with Gasteiger partial charge in [-0.2, -0.15) is 0 Å². The number of carbonyl (C=O) groups excluding carboxylic acids is 1. The minimum Gasteiger partial charge on any atom is -0.337 e. The second kappa shape index (κ2) is 8.19. The fraction of sp³-hybridized carbons (Fsp3) is 0.588. The van der Waals surface area contributed by atoms with Gasteiger partial charge in [-0.05, 0) is 25.7 Å². The number of amides is 2. The van der Waals surface area contributed by atoms with Gasteiger partial charge in [-0.1, -0.05) is 12.2 Å². The molecule has 0 radical (unpaired) electrons. The minimum absolute atomic E-state index is 0.00662. The molecule has 1 aromatic rings. The SMILES string of the molecule is O=C(NC[C@@H]1C[C@H](F)CN1Cc1cncnc1)N[C@H]1C=CCCC1. The van der Waals surface area contributed by atoms with E-state index in [0.717, 1.165) is 24.8 Å². The highest BCUT2D eigenvalue weighted by molar-refractivity contribution is 5.74. The summed E-state index contributed by atoms with van der Waals surface area (Å²) in [4.78, 5) is 22.1. The molecular weight excluding hydrogens is 309 g/mol. The molecule has 130 valence electrons. The summed E-state index contributed by atoms with van der Waals surface area (Å²) >= 11 is 0. The molecule has 2 aliphatic rings. The van der Waals surface area contributed by atoms with Crippen LogP contribution in [-0.2, 0) is 6.54 Å². The number of likely N-dealkylation sites (tertiary alicyclic amines) is 1. The Hall–Kier alpha value is -2.02. The molecule has 1 aliphatic carbocycles. The second-order valence-electron chi connectivity index (χ2n) is 6.48. The van der Waals surface area contributed by atoms with Crippen molar-refractivity contribution < 1.29 is 9.18 Å². The molecule has 1 aliphatic heterocycles. The van der Waals surface area contributed by atoms with Gasteiger partial charge in [0.1, 0.15) is 12.5 Å². The van der Waals surface area contributed by atoms with Crippen LogP contribution >= 0.6 is 0 Å². The Morgan fingerprint density at radius 1 is 1.38 bits per heavy atom. The lowest BCUT2D eigenvalue weighted by Crippen LogP contribution is -2.46. The zero-order valence-electron chi connectivity index (χ0n) is 13.7. The number of halogens is 1. The number of nitrogens with one attached hydrogen (secondary N) is 2. The summed E-state index contributed by atoms with van der Waals surface area (Å²) in [6.45, 7) is 1.42. The molecule has 1 saturated heterocycles. The molecule has 0 aromatic carbocycles. The second-order valence-corrected chi connectivity index (χ2v) is 6.48. The van der Waals surface area contributed by atoms with Crippen molar-refractivity contribution in [2.75, 3.05) is 13.1 Å². The highest BCUT2D eigenvalue weighted by atomic mass is 19.1. The maximum Gasteiger partial charge on any atom is 0.315 e. The molecule has 1 fully saturated rings. The summed E-state index contributed by atoms with van der Waals surface area (Å²) in [5.74, 6) is 0. The van der Waals surface area contributed by atoms with E-state index in [4.69, 9.17) is 0 Å². The van der Waals surface area contributed by atoms with Gasteiger partial charge in [0.15, 0.2) is 0 Å². The van der Waals surface area contributed by atoms with Crippen molar-refractivity contribution in [3.05, 3.63) is 36.4 Å². The summed E-state index contributed by atoms with van der Waals surface area (Å²) in [7, 11) is 0. The highest BCUT2D eigenvalue weighted by Crippen LogP contribution is 2.22. The summed E-state index contributed by atoms with van der Waals surface area (Å²) in [5.41, 5.74) is 0.952. The van der Waals surface area contributed by atoms with Gasteiger partial charge in [0, 0.05) is 49.7 Å². The number of rotatable bonds is 5. The molecule has 0 spiro atoms. The normalized spacial score (nSPS) is 27.1. The molecule has 6 nitrogen and oxygen atoms in total. The molecule has 2 N–H and O–H groups in total. The number of allylic oxidation sites excluding steroid dienone is 1. The van der Waals surface area contributed by atoms with Crippen LogP contribution in [0.3, 0.4) is 0 Å². The number of hydrogen-bond donors (Lipinski definition) is 2. The number of carbonyl (C=O) groups is 1. The molecule has 0 saturated carbocycles. The lowest BCUT2D eigenvalue weighted by Gasteiger charge is -2.25.